The molecule has 0 aliphatic rings. The van der Waals surface area contributed by atoms with Crippen molar-refractivity contribution in [1.29, 1.82) is 0 Å². The SMILES string of the molecule is COc1cc(Oc2cnc(C)nc2N)c(C(C)C)c(OC)n1. The molecule has 22 heavy (non-hydrogen) atoms. The number of nitrogen functional groups attached to an aromatic ring is 1. The third-order valence-electron chi connectivity index (χ3n) is 3.07. The molecular weight excluding hydrogens is 284 g/mol. The van der Waals surface area contributed by atoms with Crippen LogP contribution in [0.1, 0.15) is 31.2 Å². The number of rotatable bonds is 5. The second-order valence-electron chi connectivity index (χ2n) is 5.01. The van der Waals surface area contributed by atoms with Crippen LogP contribution in [0.15, 0.2) is 12.3 Å². The molecule has 7 heteroatoms. The third-order valence-corrected chi connectivity index (χ3v) is 3.07. The second-order valence-corrected chi connectivity index (χ2v) is 5.01. The van der Waals surface area contributed by atoms with Crippen molar-refractivity contribution >= 4 is 5.82 Å². The maximum absolute atomic E-state index is 5.89. The van der Waals surface area contributed by atoms with E-state index in [-0.39, 0.29) is 11.7 Å². The Hall–Kier alpha value is -2.57. The Morgan fingerprint density at radius 1 is 1.09 bits per heavy atom. The maximum Gasteiger partial charge on any atom is 0.223 e. The maximum atomic E-state index is 5.89. The van der Waals surface area contributed by atoms with Gasteiger partial charge in [-0.15, -0.1) is 0 Å². The highest BCUT2D eigenvalue weighted by Gasteiger charge is 2.20. The van der Waals surface area contributed by atoms with Crippen molar-refractivity contribution in [2.24, 2.45) is 0 Å². The first-order chi connectivity index (χ1) is 10.5. The minimum Gasteiger partial charge on any atom is -0.481 e. The molecule has 0 atom stereocenters. The van der Waals surface area contributed by atoms with Crippen LogP contribution in [0, 0.1) is 6.92 Å². The number of anilines is 1. The third kappa shape index (κ3) is 3.19. The van der Waals surface area contributed by atoms with Crippen molar-refractivity contribution < 1.29 is 14.2 Å². The lowest BCUT2D eigenvalue weighted by atomic mass is 10.0. The fourth-order valence-electron chi connectivity index (χ4n) is 2.04. The van der Waals surface area contributed by atoms with Crippen molar-refractivity contribution in [2.75, 3.05) is 20.0 Å². The molecule has 0 spiro atoms. The predicted octanol–water partition coefficient (Wildman–Crippen LogP) is 2.70. The standard InChI is InChI=1S/C15H20N4O3/c1-8(2)13-10(6-12(20-4)19-15(13)21-5)22-11-7-17-9(3)18-14(11)16/h6-8H,1-5H3,(H2,16,17,18). The van der Waals surface area contributed by atoms with Gasteiger partial charge in [-0.05, 0) is 12.8 Å². The van der Waals surface area contributed by atoms with Crippen LogP contribution in [-0.2, 0) is 0 Å². The van der Waals surface area contributed by atoms with Gasteiger partial charge in [-0.3, -0.25) is 0 Å². The number of nitrogens with zero attached hydrogens (tertiary/aromatic N) is 3. The topological polar surface area (TPSA) is 92.4 Å². The number of nitrogens with two attached hydrogens (primary N) is 1. The van der Waals surface area contributed by atoms with Gasteiger partial charge in [0.05, 0.1) is 26.0 Å². The van der Waals surface area contributed by atoms with E-state index >= 15 is 0 Å². The number of ether oxygens (including phenoxy) is 3. The van der Waals surface area contributed by atoms with E-state index in [1.807, 2.05) is 13.8 Å². The molecular formula is C15H20N4O3. The van der Waals surface area contributed by atoms with Gasteiger partial charge in [0.1, 0.15) is 11.6 Å². The number of aryl methyl sites for hydroxylation is 1. The molecule has 0 saturated carbocycles. The summed E-state index contributed by atoms with van der Waals surface area (Å²) in [6.07, 6.45) is 1.54. The summed E-state index contributed by atoms with van der Waals surface area (Å²) in [5, 5.41) is 0. The van der Waals surface area contributed by atoms with Crippen LogP contribution in [0.25, 0.3) is 0 Å². The highest BCUT2D eigenvalue weighted by Crippen LogP contribution is 2.39. The Labute approximate surface area is 129 Å². The first kappa shape index (κ1) is 15.8. The molecule has 2 aromatic heterocycles. The van der Waals surface area contributed by atoms with Crippen LogP contribution < -0.4 is 19.9 Å². The zero-order valence-electron chi connectivity index (χ0n) is 13.4. The number of pyridine rings is 1. The van der Waals surface area contributed by atoms with Gasteiger partial charge in [0.15, 0.2) is 11.6 Å². The van der Waals surface area contributed by atoms with Crippen molar-refractivity contribution in [1.82, 2.24) is 15.0 Å². The molecule has 0 radical (unpaired) electrons. The molecule has 2 rings (SSSR count). The van der Waals surface area contributed by atoms with Gasteiger partial charge >= 0.3 is 0 Å². The van der Waals surface area contributed by atoms with E-state index in [0.29, 0.717) is 29.1 Å². The monoisotopic (exact) mass is 304 g/mol. The molecule has 2 aromatic rings. The minimum absolute atomic E-state index is 0.135. The van der Waals surface area contributed by atoms with Crippen LogP contribution >= 0.6 is 0 Å². The molecule has 7 nitrogen and oxygen atoms in total. The summed E-state index contributed by atoms with van der Waals surface area (Å²) >= 11 is 0. The molecule has 2 heterocycles. The number of hydrogen-bond donors (Lipinski definition) is 1. The van der Waals surface area contributed by atoms with Crippen LogP contribution in [0.5, 0.6) is 23.3 Å². The summed E-state index contributed by atoms with van der Waals surface area (Å²) in [6, 6.07) is 1.69. The quantitative estimate of drug-likeness (QED) is 0.907. The second kappa shape index (κ2) is 6.46. The molecule has 0 bridgehead atoms. The van der Waals surface area contributed by atoms with Crippen molar-refractivity contribution in [3.63, 3.8) is 0 Å². The Kier molecular flexibility index (Phi) is 4.65. The summed E-state index contributed by atoms with van der Waals surface area (Å²) in [5.74, 6) is 2.77. The summed E-state index contributed by atoms with van der Waals surface area (Å²) < 4.78 is 16.4. The zero-order chi connectivity index (χ0) is 16.3. The highest BCUT2D eigenvalue weighted by molar-refractivity contribution is 5.51. The molecule has 0 amide bonds. The lowest BCUT2D eigenvalue weighted by Gasteiger charge is -2.18. The van der Waals surface area contributed by atoms with Gasteiger partial charge in [-0.1, -0.05) is 13.8 Å². The van der Waals surface area contributed by atoms with E-state index in [0.717, 1.165) is 5.56 Å². The smallest absolute Gasteiger partial charge is 0.223 e. The van der Waals surface area contributed by atoms with Crippen molar-refractivity contribution in [3.05, 3.63) is 23.7 Å². The fraction of sp³-hybridized carbons (Fsp3) is 0.400. The molecule has 0 aliphatic heterocycles. The highest BCUT2D eigenvalue weighted by atomic mass is 16.5. The molecule has 0 saturated heterocycles. The fourth-order valence-corrected chi connectivity index (χ4v) is 2.04. The van der Waals surface area contributed by atoms with Gasteiger partial charge in [0, 0.05) is 6.07 Å². The van der Waals surface area contributed by atoms with E-state index < -0.39 is 0 Å². The molecule has 0 fully saturated rings. The van der Waals surface area contributed by atoms with Crippen molar-refractivity contribution in [2.45, 2.75) is 26.7 Å². The van der Waals surface area contributed by atoms with E-state index in [9.17, 15) is 0 Å². The van der Waals surface area contributed by atoms with Gasteiger partial charge < -0.3 is 19.9 Å². The van der Waals surface area contributed by atoms with Crippen LogP contribution in [0.2, 0.25) is 0 Å². The van der Waals surface area contributed by atoms with Gasteiger partial charge in [-0.2, -0.15) is 4.98 Å². The Bertz CT molecular complexity index is 674. The lowest BCUT2D eigenvalue weighted by molar-refractivity contribution is 0.351. The van der Waals surface area contributed by atoms with E-state index in [1.54, 1.807) is 26.3 Å². The summed E-state index contributed by atoms with van der Waals surface area (Å²) in [7, 11) is 3.09. The molecule has 0 aliphatic carbocycles. The number of methoxy groups -OCH3 is 2. The Morgan fingerprint density at radius 3 is 2.36 bits per heavy atom. The average Bonchev–Trinajstić information content (AvgIpc) is 2.48. The van der Waals surface area contributed by atoms with Gasteiger partial charge in [-0.25, -0.2) is 9.97 Å². The van der Waals surface area contributed by atoms with E-state index in [2.05, 4.69) is 15.0 Å². The largest absolute Gasteiger partial charge is 0.481 e. The van der Waals surface area contributed by atoms with Crippen LogP contribution in [0.4, 0.5) is 5.82 Å². The lowest BCUT2D eigenvalue weighted by Crippen LogP contribution is -2.04. The first-order valence-electron chi connectivity index (χ1n) is 6.86. The normalized spacial score (nSPS) is 10.6. The average molecular weight is 304 g/mol. The number of hydrogen-bond acceptors (Lipinski definition) is 7. The Morgan fingerprint density at radius 2 is 1.82 bits per heavy atom. The van der Waals surface area contributed by atoms with Crippen LogP contribution in [0.3, 0.4) is 0 Å². The molecule has 2 N–H and O–H groups in total. The van der Waals surface area contributed by atoms with E-state index in [4.69, 9.17) is 19.9 Å². The predicted molar refractivity (Wildman–Crippen MR) is 82.7 cm³/mol. The zero-order valence-corrected chi connectivity index (χ0v) is 13.4. The van der Waals surface area contributed by atoms with Crippen LogP contribution in [-0.4, -0.2) is 29.2 Å². The summed E-state index contributed by atoms with van der Waals surface area (Å²) in [6.45, 7) is 5.81. The van der Waals surface area contributed by atoms with Crippen molar-refractivity contribution in [3.8, 4) is 23.3 Å². The summed E-state index contributed by atoms with van der Waals surface area (Å²) in [5.41, 5.74) is 6.70. The molecule has 118 valence electrons. The minimum atomic E-state index is 0.135. The first-order valence-corrected chi connectivity index (χ1v) is 6.86. The van der Waals surface area contributed by atoms with E-state index in [1.165, 1.54) is 7.11 Å². The summed E-state index contributed by atoms with van der Waals surface area (Å²) in [4.78, 5) is 12.5. The Balaban J connectivity index is 2.52. The molecule has 0 aromatic carbocycles. The molecule has 0 unspecified atom stereocenters. The van der Waals surface area contributed by atoms with Gasteiger partial charge in [0.2, 0.25) is 11.8 Å². The van der Waals surface area contributed by atoms with Gasteiger partial charge in [0.25, 0.3) is 0 Å². The number of aromatic nitrogens is 3.